The van der Waals surface area contributed by atoms with E-state index in [2.05, 4.69) is 0 Å². The topological polar surface area (TPSA) is 18.5 Å². The van der Waals surface area contributed by atoms with Gasteiger partial charge in [0.05, 0.1) is 0 Å². The van der Waals surface area contributed by atoms with E-state index in [0.29, 0.717) is 11.1 Å². The molecular formula is C13H24Cl2O2Si. The normalized spacial score (nSPS) is 29.7. The zero-order valence-corrected chi connectivity index (χ0v) is 13.9. The molecule has 1 unspecified atom stereocenters. The summed E-state index contributed by atoms with van der Waals surface area (Å²) in [6, 6.07) is 0. The fourth-order valence-corrected chi connectivity index (χ4v) is 9.44. The predicted molar refractivity (Wildman–Crippen MR) is 78.6 cm³/mol. The standard InChI is InChI=1S/C13H24Cl2O2Si/c1-16-18(17-2,11-6-3-4-7-11)12-8-5-9-13(14,15)10-12/h11-12H,3-10H2,1-2H3. The third kappa shape index (κ3) is 2.90. The maximum Gasteiger partial charge on any atom is 0.344 e. The van der Waals surface area contributed by atoms with Crippen LogP contribution in [0.3, 0.4) is 0 Å². The summed E-state index contributed by atoms with van der Waals surface area (Å²) in [7, 11) is 1.49. The highest BCUT2D eigenvalue weighted by molar-refractivity contribution is 6.70. The number of halogens is 2. The van der Waals surface area contributed by atoms with Crippen molar-refractivity contribution in [2.45, 2.75) is 66.8 Å². The average Bonchev–Trinajstić information content (AvgIpc) is 2.84. The minimum absolute atomic E-state index is 0.444. The Hall–Kier alpha value is 0.717. The molecule has 18 heavy (non-hydrogen) atoms. The summed E-state index contributed by atoms with van der Waals surface area (Å²) < 4.78 is 11.4. The molecule has 2 rings (SSSR count). The quantitative estimate of drug-likeness (QED) is 0.549. The van der Waals surface area contributed by atoms with E-state index in [1.165, 1.54) is 25.7 Å². The van der Waals surface area contributed by atoms with Crippen LogP contribution in [0.2, 0.25) is 11.1 Å². The first-order valence-electron chi connectivity index (χ1n) is 7.02. The highest BCUT2D eigenvalue weighted by Gasteiger charge is 2.54. The summed E-state index contributed by atoms with van der Waals surface area (Å²) in [6.07, 6.45) is 9.11. The largest absolute Gasteiger partial charge is 0.397 e. The zero-order valence-electron chi connectivity index (χ0n) is 11.4. The minimum atomic E-state index is -2.17. The van der Waals surface area contributed by atoms with Gasteiger partial charge in [0.15, 0.2) is 0 Å². The molecule has 2 nitrogen and oxygen atoms in total. The first-order valence-corrected chi connectivity index (χ1v) is 9.75. The fraction of sp³-hybridized carbons (Fsp3) is 1.00. The molecule has 0 aromatic rings. The van der Waals surface area contributed by atoms with Crippen LogP contribution in [0.5, 0.6) is 0 Å². The van der Waals surface area contributed by atoms with Crippen LogP contribution in [0.4, 0.5) is 0 Å². The molecule has 106 valence electrons. The Morgan fingerprint density at radius 2 is 1.50 bits per heavy atom. The Kier molecular flexibility index (Phi) is 5.04. The van der Waals surface area contributed by atoms with Crippen LogP contribution in [-0.2, 0) is 8.85 Å². The monoisotopic (exact) mass is 310 g/mol. The van der Waals surface area contributed by atoms with Crippen LogP contribution < -0.4 is 0 Å². The Labute approximate surface area is 122 Å². The molecule has 2 saturated carbocycles. The highest BCUT2D eigenvalue weighted by Crippen LogP contribution is 2.53. The van der Waals surface area contributed by atoms with Crippen molar-refractivity contribution >= 4 is 31.8 Å². The molecule has 0 aromatic heterocycles. The van der Waals surface area contributed by atoms with E-state index in [4.69, 9.17) is 32.1 Å². The van der Waals surface area contributed by atoms with Gasteiger partial charge in [0.2, 0.25) is 0 Å². The lowest BCUT2D eigenvalue weighted by Gasteiger charge is -2.43. The lowest BCUT2D eigenvalue weighted by atomic mass is 9.99. The lowest BCUT2D eigenvalue weighted by molar-refractivity contribution is 0.202. The van der Waals surface area contributed by atoms with Crippen molar-refractivity contribution in [2.75, 3.05) is 14.2 Å². The molecule has 0 heterocycles. The molecule has 2 fully saturated rings. The Morgan fingerprint density at radius 1 is 0.944 bits per heavy atom. The molecule has 0 bridgehead atoms. The van der Waals surface area contributed by atoms with Crippen molar-refractivity contribution in [3.63, 3.8) is 0 Å². The number of hydrogen-bond acceptors (Lipinski definition) is 2. The first-order chi connectivity index (χ1) is 8.54. The minimum Gasteiger partial charge on any atom is -0.397 e. The van der Waals surface area contributed by atoms with Gasteiger partial charge in [-0.2, -0.15) is 0 Å². The van der Waals surface area contributed by atoms with Gasteiger partial charge in [-0.25, -0.2) is 0 Å². The second kappa shape index (κ2) is 6.00. The Balaban J connectivity index is 2.17. The van der Waals surface area contributed by atoms with Gasteiger partial charge in [-0.05, 0) is 32.1 Å². The number of hydrogen-bond donors (Lipinski definition) is 0. The van der Waals surface area contributed by atoms with Crippen molar-refractivity contribution in [1.82, 2.24) is 0 Å². The van der Waals surface area contributed by atoms with Crippen LogP contribution in [0.1, 0.15) is 51.4 Å². The van der Waals surface area contributed by atoms with E-state index in [-0.39, 0.29) is 0 Å². The summed E-state index contributed by atoms with van der Waals surface area (Å²) in [6.45, 7) is 0. The van der Waals surface area contributed by atoms with E-state index in [1.807, 2.05) is 14.2 Å². The molecule has 2 aliphatic rings. The summed E-state index contributed by atoms with van der Waals surface area (Å²) in [4.78, 5) is 0. The third-order valence-electron chi connectivity index (χ3n) is 4.77. The average molecular weight is 311 g/mol. The Bertz CT molecular complexity index is 276. The zero-order chi connectivity index (χ0) is 13.2. The second-order valence-electron chi connectivity index (χ2n) is 5.76. The summed E-state index contributed by atoms with van der Waals surface area (Å²) >= 11 is 12.7. The summed E-state index contributed by atoms with van der Waals surface area (Å²) in [5.74, 6) is 0. The maximum absolute atomic E-state index is 6.37. The van der Waals surface area contributed by atoms with Crippen LogP contribution >= 0.6 is 23.2 Å². The third-order valence-corrected chi connectivity index (χ3v) is 10.1. The van der Waals surface area contributed by atoms with Crippen LogP contribution in [-0.4, -0.2) is 27.1 Å². The molecule has 0 amide bonds. The molecular weight excluding hydrogens is 287 g/mol. The van der Waals surface area contributed by atoms with Gasteiger partial charge in [0, 0.05) is 25.3 Å². The summed E-state index contributed by atoms with van der Waals surface area (Å²) in [5, 5.41) is 0. The molecule has 0 aromatic carbocycles. The van der Waals surface area contributed by atoms with Crippen LogP contribution in [0.15, 0.2) is 0 Å². The van der Waals surface area contributed by atoms with E-state index in [0.717, 1.165) is 25.7 Å². The molecule has 0 radical (unpaired) electrons. The second-order valence-corrected chi connectivity index (χ2v) is 11.3. The summed E-state index contributed by atoms with van der Waals surface area (Å²) in [5.41, 5.74) is 1.07. The molecule has 0 aliphatic heterocycles. The molecule has 0 N–H and O–H groups in total. The van der Waals surface area contributed by atoms with Crippen molar-refractivity contribution in [1.29, 1.82) is 0 Å². The van der Waals surface area contributed by atoms with Crippen LogP contribution in [0.25, 0.3) is 0 Å². The van der Waals surface area contributed by atoms with Gasteiger partial charge in [-0.1, -0.05) is 19.3 Å². The molecule has 5 heteroatoms. The number of rotatable bonds is 4. The van der Waals surface area contributed by atoms with E-state index in [1.54, 1.807) is 0 Å². The predicted octanol–water partition coefficient (Wildman–Crippen LogP) is 4.78. The number of alkyl halides is 2. The van der Waals surface area contributed by atoms with Crippen molar-refractivity contribution in [2.24, 2.45) is 0 Å². The first kappa shape index (κ1) is 15.1. The molecule has 0 saturated heterocycles. The van der Waals surface area contributed by atoms with Gasteiger partial charge in [0.1, 0.15) is 4.33 Å². The van der Waals surface area contributed by atoms with Crippen LogP contribution in [0, 0.1) is 0 Å². The van der Waals surface area contributed by atoms with E-state index >= 15 is 0 Å². The molecule has 1 atom stereocenters. The van der Waals surface area contributed by atoms with Gasteiger partial charge < -0.3 is 8.85 Å². The lowest BCUT2D eigenvalue weighted by Crippen LogP contribution is -2.51. The molecule has 2 aliphatic carbocycles. The smallest absolute Gasteiger partial charge is 0.344 e. The van der Waals surface area contributed by atoms with E-state index in [9.17, 15) is 0 Å². The Morgan fingerprint density at radius 3 is 2.00 bits per heavy atom. The van der Waals surface area contributed by atoms with E-state index < -0.39 is 12.9 Å². The van der Waals surface area contributed by atoms with Gasteiger partial charge in [0.25, 0.3) is 0 Å². The highest BCUT2D eigenvalue weighted by atomic mass is 35.5. The van der Waals surface area contributed by atoms with Crippen molar-refractivity contribution in [3.05, 3.63) is 0 Å². The van der Waals surface area contributed by atoms with Gasteiger partial charge in [-0.3, -0.25) is 0 Å². The SMILES string of the molecule is CO[Si](OC)(C1CCCC1)C1CCCC(Cl)(Cl)C1. The maximum atomic E-state index is 6.37. The van der Waals surface area contributed by atoms with Gasteiger partial charge in [-0.15, -0.1) is 23.2 Å². The fourth-order valence-electron chi connectivity index (χ4n) is 3.93. The van der Waals surface area contributed by atoms with Crippen molar-refractivity contribution in [3.8, 4) is 0 Å². The van der Waals surface area contributed by atoms with Gasteiger partial charge >= 0.3 is 8.56 Å². The molecule has 0 spiro atoms. The van der Waals surface area contributed by atoms with Crippen molar-refractivity contribution < 1.29 is 8.85 Å².